The highest BCUT2D eigenvalue weighted by Crippen LogP contribution is 2.21. The minimum Gasteiger partial charge on any atom is -0.489 e. The van der Waals surface area contributed by atoms with E-state index in [1.54, 1.807) is 23.9 Å². The second-order valence-corrected chi connectivity index (χ2v) is 8.02. The number of anilines is 1. The number of benzene rings is 2. The van der Waals surface area contributed by atoms with Crippen LogP contribution in [0, 0.1) is 20.8 Å². The van der Waals surface area contributed by atoms with Gasteiger partial charge in [0.25, 0.3) is 5.91 Å². The van der Waals surface area contributed by atoms with Gasteiger partial charge >= 0.3 is 0 Å². The molecule has 4 aromatic rings. The molecule has 0 aliphatic heterocycles. The SMILES string of the molecule is Cc1ccc(OCc2c(C(=O)Nc3ccn(Cc4ccc(Cl)cc4)n3)noc2C)cc1C. The maximum absolute atomic E-state index is 12.8. The van der Waals surface area contributed by atoms with Crippen LogP contribution in [0.25, 0.3) is 0 Å². The lowest BCUT2D eigenvalue weighted by molar-refractivity contribution is 0.101. The van der Waals surface area contributed by atoms with Crippen LogP contribution in [0.4, 0.5) is 5.82 Å². The van der Waals surface area contributed by atoms with Gasteiger partial charge in [-0.2, -0.15) is 5.10 Å². The summed E-state index contributed by atoms with van der Waals surface area (Å²) in [7, 11) is 0. The van der Waals surface area contributed by atoms with Gasteiger partial charge < -0.3 is 14.6 Å². The second kappa shape index (κ2) is 9.28. The third-order valence-electron chi connectivity index (χ3n) is 5.20. The Balaban J connectivity index is 1.42. The fourth-order valence-electron chi connectivity index (χ4n) is 3.17. The van der Waals surface area contributed by atoms with Crippen LogP contribution in [-0.2, 0) is 13.2 Å². The highest BCUT2D eigenvalue weighted by Gasteiger charge is 2.21. The molecular weight excluding hydrogens is 428 g/mol. The summed E-state index contributed by atoms with van der Waals surface area (Å²) in [5.74, 6) is 1.27. The smallest absolute Gasteiger partial charge is 0.279 e. The van der Waals surface area contributed by atoms with Gasteiger partial charge in [-0.05, 0) is 61.7 Å². The molecule has 32 heavy (non-hydrogen) atoms. The minimum atomic E-state index is -0.405. The molecule has 1 N–H and O–H groups in total. The summed E-state index contributed by atoms with van der Waals surface area (Å²) in [5.41, 5.74) is 4.15. The van der Waals surface area contributed by atoms with Gasteiger partial charge in [0.2, 0.25) is 0 Å². The molecule has 1 amide bonds. The molecular formula is C24H23ClN4O3. The molecule has 0 bridgehead atoms. The van der Waals surface area contributed by atoms with E-state index in [0.717, 1.165) is 16.9 Å². The van der Waals surface area contributed by atoms with Crippen LogP contribution in [0.1, 0.15) is 38.5 Å². The standard InChI is InChI=1S/C24H23ClN4O3/c1-15-4-9-20(12-16(15)2)31-14-21-17(3)32-28-23(21)24(30)26-22-10-11-29(27-22)13-18-5-7-19(25)8-6-18/h4-12H,13-14H2,1-3H3,(H,26,27,30). The summed E-state index contributed by atoms with van der Waals surface area (Å²) in [6.07, 6.45) is 1.79. The lowest BCUT2D eigenvalue weighted by atomic mass is 10.1. The van der Waals surface area contributed by atoms with Crippen molar-refractivity contribution in [3.63, 3.8) is 0 Å². The Kier molecular flexibility index (Phi) is 6.28. The number of hydrogen-bond acceptors (Lipinski definition) is 5. The van der Waals surface area contributed by atoms with E-state index in [4.69, 9.17) is 20.9 Å². The maximum atomic E-state index is 12.8. The zero-order valence-electron chi connectivity index (χ0n) is 18.1. The first-order chi connectivity index (χ1) is 15.4. The van der Waals surface area contributed by atoms with E-state index in [1.165, 1.54) is 5.56 Å². The first kappa shape index (κ1) is 21.6. The molecule has 0 fully saturated rings. The van der Waals surface area contributed by atoms with E-state index in [2.05, 4.69) is 15.6 Å². The number of rotatable bonds is 7. The topological polar surface area (TPSA) is 82.2 Å². The van der Waals surface area contributed by atoms with Crippen molar-refractivity contribution >= 4 is 23.3 Å². The predicted octanol–water partition coefficient (Wildman–Crippen LogP) is 5.33. The van der Waals surface area contributed by atoms with Crippen molar-refractivity contribution in [3.05, 3.63) is 93.5 Å². The number of aromatic nitrogens is 3. The zero-order chi connectivity index (χ0) is 22.7. The molecule has 0 unspecified atom stereocenters. The van der Waals surface area contributed by atoms with Crippen molar-refractivity contribution < 1.29 is 14.1 Å². The van der Waals surface area contributed by atoms with E-state index >= 15 is 0 Å². The Hall–Kier alpha value is -3.58. The summed E-state index contributed by atoms with van der Waals surface area (Å²) in [4.78, 5) is 12.8. The Labute approximate surface area is 190 Å². The Morgan fingerprint density at radius 3 is 2.62 bits per heavy atom. The monoisotopic (exact) mass is 450 g/mol. The molecule has 0 aliphatic rings. The van der Waals surface area contributed by atoms with Gasteiger partial charge in [-0.3, -0.25) is 9.48 Å². The van der Waals surface area contributed by atoms with Crippen molar-refractivity contribution in [1.29, 1.82) is 0 Å². The Morgan fingerprint density at radius 1 is 1.09 bits per heavy atom. The van der Waals surface area contributed by atoms with E-state index in [0.29, 0.717) is 28.7 Å². The van der Waals surface area contributed by atoms with Crippen molar-refractivity contribution in [2.75, 3.05) is 5.32 Å². The molecule has 7 nitrogen and oxygen atoms in total. The quantitative estimate of drug-likeness (QED) is 0.411. The first-order valence-corrected chi connectivity index (χ1v) is 10.5. The van der Waals surface area contributed by atoms with Gasteiger partial charge in [-0.1, -0.05) is 35.0 Å². The van der Waals surface area contributed by atoms with E-state index < -0.39 is 5.91 Å². The molecule has 0 spiro atoms. The molecule has 0 radical (unpaired) electrons. The number of halogens is 1. The van der Waals surface area contributed by atoms with Gasteiger partial charge in [0, 0.05) is 17.3 Å². The number of carbonyl (C=O) groups is 1. The van der Waals surface area contributed by atoms with Crippen LogP contribution in [0.15, 0.2) is 59.3 Å². The molecule has 0 saturated carbocycles. The molecule has 0 aliphatic carbocycles. The molecule has 2 aromatic heterocycles. The van der Waals surface area contributed by atoms with Crippen molar-refractivity contribution in [3.8, 4) is 5.75 Å². The van der Waals surface area contributed by atoms with Crippen LogP contribution >= 0.6 is 11.6 Å². The predicted molar refractivity (Wildman–Crippen MR) is 122 cm³/mol. The van der Waals surface area contributed by atoms with Crippen molar-refractivity contribution in [2.45, 2.75) is 33.9 Å². The van der Waals surface area contributed by atoms with Gasteiger partial charge in [0.1, 0.15) is 18.1 Å². The average molecular weight is 451 g/mol. The van der Waals surface area contributed by atoms with Gasteiger partial charge in [-0.25, -0.2) is 0 Å². The van der Waals surface area contributed by atoms with Crippen LogP contribution in [-0.4, -0.2) is 20.8 Å². The fourth-order valence-corrected chi connectivity index (χ4v) is 3.29. The third kappa shape index (κ3) is 5.00. The average Bonchev–Trinajstić information content (AvgIpc) is 3.36. The number of nitrogens with zero attached hydrogens (tertiary/aromatic N) is 3. The maximum Gasteiger partial charge on any atom is 0.279 e. The largest absolute Gasteiger partial charge is 0.489 e. The van der Waals surface area contributed by atoms with E-state index in [9.17, 15) is 4.79 Å². The summed E-state index contributed by atoms with van der Waals surface area (Å²) in [6, 6.07) is 15.1. The fraction of sp³-hybridized carbons (Fsp3) is 0.208. The minimum absolute atomic E-state index is 0.172. The lowest BCUT2D eigenvalue weighted by Crippen LogP contribution is -2.16. The first-order valence-electron chi connectivity index (χ1n) is 10.1. The van der Waals surface area contributed by atoms with Crippen LogP contribution < -0.4 is 10.1 Å². The molecule has 0 atom stereocenters. The Bertz CT molecular complexity index is 1240. The van der Waals surface area contributed by atoms with Crippen molar-refractivity contribution in [2.24, 2.45) is 0 Å². The van der Waals surface area contributed by atoms with Crippen LogP contribution in [0.2, 0.25) is 5.02 Å². The molecule has 8 heteroatoms. The Morgan fingerprint density at radius 2 is 1.88 bits per heavy atom. The summed E-state index contributed by atoms with van der Waals surface area (Å²) < 4.78 is 12.9. The van der Waals surface area contributed by atoms with E-state index in [-0.39, 0.29) is 12.3 Å². The molecule has 0 saturated heterocycles. The van der Waals surface area contributed by atoms with Gasteiger partial charge in [-0.15, -0.1) is 0 Å². The number of aryl methyl sites for hydroxylation is 3. The summed E-state index contributed by atoms with van der Waals surface area (Å²) in [6.45, 7) is 6.56. The van der Waals surface area contributed by atoms with Gasteiger partial charge in [0.05, 0.1) is 12.1 Å². The number of carbonyl (C=O) groups excluding carboxylic acids is 1. The molecule has 4 rings (SSSR count). The molecule has 2 aromatic carbocycles. The number of hydrogen-bond donors (Lipinski definition) is 1. The van der Waals surface area contributed by atoms with Crippen LogP contribution in [0.3, 0.4) is 0 Å². The third-order valence-corrected chi connectivity index (χ3v) is 5.45. The summed E-state index contributed by atoms with van der Waals surface area (Å²) in [5, 5.41) is 11.8. The van der Waals surface area contributed by atoms with Crippen LogP contribution in [0.5, 0.6) is 5.75 Å². The normalized spacial score (nSPS) is 10.9. The molecule has 164 valence electrons. The van der Waals surface area contributed by atoms with Crippen molar-refractivity contribution in [1.82, 2.24) is 14.9 Å². The number of amides is 1. The summed E-state index contributed by atoms with van der Waals surface area (Å²) >= 11 is 5.93. The lowest BCUT2D eigenvalue weighted by Gasteiger charge is -2.08. The number of nitrogens with one attached hydrogen (secondary N) is 1. The second-order valence-electron chi connectivity index (χ2n) is 7.58. The molecule has 2 heterocycles. The highest BCUT2D eigenvalue weighted by atomic mass is 35.5. The highest BCUT2D eigenvalue weighted by molar-refractivity contribution is 6.30. The zero-order valence-corrected chi connectivity index (χ0v) is 18.8. The van der Waals surface area contributed by atoms with E-state index in [1.807, 2.05) is 56.3 Å². The number of ether oxygens (including phenoxy) is 1. The van der Waals surface area contributed by atoms with Gasteiger partial charge in [0.15, 0.2) is 11.5 Å².